The minimum absolute atomic E-state index is 0.545. The summed E-state index contributed by atoms with van der Waals surface area (Å²) < 4.78 is 0. The van der Waals surface area contributed by atoms with Crippen molar-refractivity contribution < 1.29 is 0 Å². The molecule has 2 aromatic rings. The van der Waals surface area contributed by atoms with E-state index in [0.29, 0.717) is 6.04 Å². The van der Waals surface area contributed by atoms with Crippen LogP contribution in [0.4, 0.5) is 0 Å². The Balaban J connectivity index is 1.86. The fraction of sp³-hybridized carbons (Fsp3) is 0.444. The van der Waals surface area contributed by atoms with E-state index in [1.165, 1.54) is 40.1 Å². The van der Waals surface area contributed by atoms with Crippen LogP contribution in [-0.2, 0) is 0 Å². The molecule has 1 saturated carbocycles. The third-order valence-corrected chi connectivity index (χ3v) is 5.79. The van der Waals surface area contributed by atoms with Gasteiger partial charge in [-0.2, -0.15) is 0 Å². The van der Waals surface area contributed by atoms with E-state index < -0.39 is 0 Å². The molecule has 1 N–H and O–H groups in total. The zero-order valence-corrected chi connectivity index (χ0v) is 14.2. The van der Waals surface area contributed by atoms with Gasteiger partial charge in [-0.15, -0.1) is 11.3 Å². The van der Waals surface area contributed by atoms with Crippen molar-refractivity contribution in [2.45, 2.75) is 39.2 Å². The van der Waals surface area contributed by atoms with E-state index in [2.05, 4.69) is 37.4 Å². The summed E-state index contributed by atoms with van der Waals surface area (Å²) in [5.74, 6) is 0.837. The van der Waals surface area contributed by atoms with Crippen LogP contribution in [0.1, 0.15) is 42.7 Å². The zero-order chi connectivity index (χ0) is 14.8. The second kappa shape index (κ2) is 6.51. The predicted molar refractivity (Wildman–Crippen MR) is 93.3 cm³/mol. The van der Waals surface area contributed by atoms with Gasteiger partial charge in [-0.1, -0.05) is 30.7 Å². The highest BCUT2D eigenvalue weighted by molar-refractivity contribution is 7.15. The summed E-state index contributed by atoms with van der Waals surface area (Å²) in [5.41, 5.74) is 2.45. The average molecular weight is 320 g/mol. The molecule has 21 heavy (non-hydrogen) atoms. The lowest BCUT2D eigenvalue weighted by Crippen LogP contribution is -2.22. The summed E-state index contributed by atoms with van der Waals surface area (Å²) in [6.07, 6.45) is 3.92. The van der Waals surface area contributed by atoms with Crippen LogP contribution in [0, 0.1) is 12.8 Å². The van der Waals surface area contributed by atoms with Gasteiger partial charge in [-0.05, 0) is 68.0 Å². The van der Waals surface area contributed by atoms with Gasteiger partial charge in [0.2, 0.25) is 0 Å². The molecule has 3 rings (SSSR count). The van der Waals surface area contributed by atoms with Crippen LogP contribution in [-0.4, -0.2) is 6.54 Å². The van der Waals surface area contributed by atoms with Crippen molar-refractivity contribution in [2.75, 3.05) is 6.54 Å². The lowest BCUT2D eigenvalue weighted by atomic mass is 10.1. The second-order valence-electron chi connectivity index (χ2n) is 5.88. The summed E-state index contributed by atoms with van der Waals surface area (Å²) in [6, 6.07) is 11.3. The topological polar surface area (TPSA) is 12.0 Å². The van der Waals surface area contributed by atoms with Gasteiger partial charge in [0.25, 0.3) is 0 Å². The van der Waals surface area contributed by atoms with Crippen LogP contribution in [0.25, 0.3) is 10.4 Å². The quantitative estimate of drug-likeness (QED) is 0.706. The zero-order valence-electron chi connectivity index (χ0n) is 12.7. The molecule has 1 heterocycles. The van der Waals surface area contributed by atoms with Crippen LogP contribution in [0.5, 0.6) is 0 Å². The summed E-state index contributed by atoms with van der Waals surface area (Å²) in [5, 5.41) is 4.57. The highest BCUT2D eigenvalue weighted by Gasteiger charge is 2.32. The Labute approximate surface area is 136 Å². The molecule has 0 spiro atoms. The lowest BCUT2D eigenvalue weighted by Gasteiger charge is -2.16. The smallest absolute Gasteiger partial charge is 0.0443 e. The van der Waals surface area contributed by atoms with E-state index in [1.54, 1.807) is 0 Å². The predicted octanol–water partition coefficient (Wildman–Crippen LogP) is 5.83. The van der Waals surface area contributed by atoms with E-state index in [4.69, 9.17) is 11.6 Å². The van der Waals surface area contributed by atoms with E-state index in [0.717, 1.165) is 17.5 Å². The molecular formula is C18H22ClNS. The molecule has 1 aliphatic rings. The van der Waals surface area contributed by atoms with E-state index in [1.807, 2.05) is 23.5 Å². The number of hydrogen-bond donors (Lipinski definition) is 1. The Morgan fingerprint density at radius 3 is 2.81 bits per heavy atom. The molecule has 0 amide bonds. The molecule has 0 bridgehead atoms. The maximum Gasteiger partial charge on any atom is 0.0443 e. The van der Waals surface area contributed by atoms with Gasteiger partial charge in [0.15, 0.2) is 0 Å². The Bertz CT molecular complexity index is 615. The van der Waals surface area contributed by atoms with Gasteiger partial charge >= 0.3 is 0 Å². The van der Waals surface area contributed by atoms with Crippen molar-refractivity contribution in [1.29, 1.82) is 0 Å². The maximum atomic E-state index is 6.25. The van der Waals surface area contributed by atoms with Crippen LogP contribution in [0.2, 0.25) is 5.02 Å². The summed E-state index contributed by atoms with van der Waals surface area (Å²) >= 11 is 8.17. The SMILES string of the molecule is CCCNC(c1ccc(-c2cccc(Cl)c2C)s1)C1CC1. The number of thiophene rings is 1. The highest BCUT2D eigenvalue weighted by Crippen LogP contribution is 2.44. The molecule has 0 aliphatic heterocycles. The Morgan fingerprint density at radius 1 is 1.29 bits per heavy atom. The van der Waals surface area contributed by atoms with Crippen molar-refractivity contribution in [1.82, 2.24) is 5.32 Å². The third-order valence-electron chi connectivity index (χ3n) is 4.17. The van der Waals surface area contributed by atoms with Gasteiger partial charge in [0.1, 0.15) is 0 Å². The van der Waals surface area contributed by atoms with Gasteiger partial charge in [-0.3, -0.25) is 0 Å². The summed E-state index contributed by atoms with van der Waals surface area (Å²) in [6.45, 7) is 5.43. The number of benzene rings is 1. The van der Waals surface area contributed by atoms with Crippen molar-refractivity contribution in [3.63, 3.8) is 0 Å². The van der Waals surface area contributed by atoms with Crippen LogP contribution < -0.4 is 5.32 Å². The van der Waals surface area contributed by atoms with Crippen molar-refractivity contribution in [3.05, 3.63) is 45.8 Å². The van der Waals surface area contributed by atoms with E-state index in [9.17, 15) is 0 Å². The molecule has 1 atom stereocenters. The van der Waals surface area contributed by atoms with E-state index >= 15 is 0 Å². The van der Waals surface area contributed by atoms with Crippen molar-refractivity contribution >= 4 is 22.9 Å². The van der Waals surface area contributed by atoms with E-state index in [-0.39, 0.29) is 0 Å². The number of halogens is 1. The number of rotatable bonds is 6. The first-order valence-electron chi connectivity index (χ1n) is 7.79. The standard InChI is InChI=1S/C18H22ClNS/c1-3-11-20-18(13-7-8-13)17-10-9-16(21-17)14-5-4-6-15(19)12(14)2/h4-6,9-10,13,18,20H,3,7-8,11H2,1-2H3. The largest absolute Gasteiger partial charge is 0.309 e. The normalized spacial score (nSPS) is 16.1. The average Bonchev–Trinajstić information content (AvgIpc) is 3.20. The Morgan fingerprint density at radius 2 is 2.10 bits per heavy atom. The molecule has 1 aromatic carbocycles. The Hall–Kier alpha value is -0.830. The summed E-state index contributed by atoms with van der Waals surface area (Å²) in [7, 11) is 0. The Kier molecular flexibility index (Phi) is 4.68. The van der Waals surface area contributed by atoms with Gasteiger partial charge in [0.05, 0.1) is 0 Å². The molecule has 1 aliphatic carbocycles. The minimum Gasteiger partial charge on any atom is -0.309 e. The molecule has 1 aromatic heterocycles. The lowest BCUT2D eigenvalue weighted by molar-refractivity contribution is 0.488. The molecule has 1 nitrogen and oxygen atoms in total. The van der Waals surface area contributed by atoms with Gasteiger partial charge in [-0.25, -0.2) is 0 Å². The summed E-state index contributed by atoms with van der Waals surface area (Å²) in [4.78, 5) is 2.80. The van der Waals surface area contributed by atoms with Crippen molar-refractivity contribution in [2.24, 2.45) is 5.92 Å². The highest BCUT2D eigenvalue weighted by atomic mass is 35.5. The minimum atomic E-state index is 0.545. The van der Waals surface area contributed by atoms with Crippen LogP contribution in [0.3, 0.4) is 0 Å². The van der Waals surface area contributed by atoms with Crippen LogP contribution in [0.15, 0.2) is 30.3 Å². The number of hydrogen-bond acceptors (Lipinski definition) is 2. The molecular weight excluding hydrogens is 298 g/mol. The van der Waals surface area contributed by atoms with Gasteiger partial charge < -0.3 is 5.32 Å². The third kappa shape index (κ3) is 3.33. The first kappa shape index (κ1) is 15.1. The monoisotopic (exact) mass is 319 g/mol. The number of nitrogens with one attached hydrogen (secondary N) is 1. The first-order chi connectivity index (χ1) is 10.2. The molecule has 0 radical (unpaired) electrons. The molecule has 1 fully saturated rings. The first-order valence-corrected chi connectivity index (χ1v) is 8.98. The molecule has 112 valence electrons. The molecule has 0 saturated heterocycles. The van der Waals surface area contributed by atoms with Crippen molar-refractivity contribution in [3.8, 4) is 10.4 Å². The molecule has 1 unspecified atom stereocenters. The fourth-order valence-electron chi connectivity index (χ4n) is 2.77. The maximum absolute atomic E-state index is 6.25. The molecule has 3 heteroatoms. The van der Waals surface area contributed by atoms with Gasteiger partial charge in [0, 0.05) is 20.8 Å². The second-order valence-corrected chi connectivity index (χ2v) is 7.41. The fourth-order valence-corrected chi connectivity index (χ4v) is 4.20. The van der Waals surface area contributed by atoms with Crippen LogP contribution >= 0.6 is 22.9 Å².